The van der Waals surface area contributed by atoms with Crippen LogP contribution in [-0.4, -0.2) is 40.8 Å². The van der Waals surface area contributed by atoms with E-state index in [4.69, 9.17) is 15.2 Å². The van der Waals surface area contributed by atoms with Crippen LogP contribution in [0.4, 0.5) is 11.9 Å². The first-order chi connectivity index (χ1) is 9.78. The standard InChI is InChI=1S/C13H23N5O2/c1-2-8-20-13-17-11(14)16-12(18-13)15-7-9-19-10-5-3-4-6-10/h10H,2-9H2,1H3,(H3,14,15,16,17,18). The average Bonchev–Trinajstić information content (AvgIpc) is 2.94. The molecule has 0 aromatic carbocycles. The van der Waals surface area contributed by atoms with Gasteiger partial charge >= 0.3 is 6.01 Å². The number of nitrogens with one attached hydrogen (secondary N) is 1. The molecule has 0 aliphatic heterocycles. The summed E-state index contributed by atoms with van der Waals surface area (Å²) in [5, 5.41) is 3.08. The number of hydrogen-bond acceptors (Lipinski definition) is 7. The molecule has 0 saturated heterocycles. The van der Waals surface area contributed by atoms with Gasteiger partial charge in [-0.05, 0) is 19.3 Å². The Balaban J connectivity index is 1.74. The lowest BCUT2D eigenvalue weighted by molar-refractivity contribution is 0.0658. The Hall–Kier alpha value is -1.63. The van der Waals surface area contributed by atoms with Crippen molar-refractivity contribution in [1.82, 2.24) is 15.0 Å². The fourth-order valence-electron chi connectivity index (χ4n) is 2.15. The molecule has 20 heavy (non-hydrogen) atoms. The molecule has 3 N–H and O–H groups in total. The van der Waals surface area contributed by atoms with Crippen molar-refractivity contribution in [3.8, 4) is 6.01 Å². The Morgan fingerprint density at radius 1 is 1.20 bits per heavy atom. The quantitative estimate of drug-likeness (QED) is 0.699. The Morgan fingerprint density at radius 2 is 2.00 bits per heavy atom. The molecule has 0 amide bonds. The van der Waals surface area contributed by atoms with E-state index < -0.39 is 0 Å². The van der Waals surface area contributed by atoms with Crippen LogP contribution in [0.25, 0.3) is 0 Å². The highest BCUT2D eigenvalue weighted by Gasteiger charge is 2.14. The summed E-state index contributed by atoms with van der Waals surface area (Å²) < 4.78 is 11.1. The lowest BCUT2D eigenvalue weighted by atomic mass is 10.3. The number of anilines is 2. The lowest BCUT2D eigenvalue weighted by Crippen LogP contribution is -2.17. The van der Waals surface area contributed by atoms with Gasteiger partial charge in [-0.25, -0.2) is 0 Å². The molecular weight excluding hydrogens is 258 g/mol. The molecule has 1 aromatic rings. The van der Waals surface area contributed by atoms with E-state index in [0.717, 1.165) is 6.42 Å². The molecule has 0 radical (unpaired) electrons. The molecule has 0 bridgehead atoms. The average molecular weight is 281 g/mol. The Morgan fingerprint density at radius 3 is 2.75 bits per heavy atom. The highest BCUT2D eigenvalue weighted by molar-refractivity contribution is 5.32. The van der Waals surface area contributed by atoms with Gasteiger partial charge in [0.05, 0.1) is 19.3 Å². The molecule has 1 aliphatic rings. The summed E-state index contributed by atoms with van der Waals surface area (Å²) in [5.41, 5.74) is 5.62. The SMILES string of the molecule is CCCOc1nc(N)nc(NCCOC2CCCC2)n1. The van der Waals surface area contributed by atoms with Crippen molar-refractivity contribution >= 4 is 11.9 Å². The smallest absolute Gasteiger partial charge is 0.323 e. The summed E-state index contributed by atoms with van der Waals surface area (Å²) in [6.07, 6.45) is 6.22. The van der Waals surface area contributed by atoms with E-state index in [1.165, 1.54) is 25.7 Å². The van der Waals surface area contributed by atoms with Crippen molar-refractivity contribution in [2.45, 2.75) is 45.1 Å². The minimum Gasteiger partial charge on any atom is -0.463 e. The molecule has 0 unspecified atom stereocenters. The Labute approximate surface area is 119 Å². The van der Waals surface area contributed by atoms with E-state index in [2.05, 4.69) is 20.3 Å². The minimum atomic E-state index is 0.158. The van der Waals surface area contributed by atoms with E-state index in [1.807, 2.05) is 6.92 Å². The molecule has 1 fully saturated rings. The third-order valence-corrected chi connectivity index (χ3v) is 3.11. The molecular formula is C13H23N5O2. The summed E-state index contributed by atoms with van der Waals surface area (Å²) in [4.78, 5) is 12.1. The molecule has 7 nitrogen and oxygen atoms in total. The predicted molar refractivity (Wildman–Crippen MR) is 76.7 cm³/mol. The van der Waals surface area contributed by atoms with Gasteiger partial charge in [0, 0.05) is 6.54 Å². The first-order valence-electron chi connectivity index (χ1n) is 7.27. The van der Waals surface area contributed by atoms with E-state index >= 15 is 0 Å². The highest BCUT2D eigenvalue weighted by Crippen LogP contribution is 2.20. The van der Waals surface area contributed by atoms with Gasteiger partial charge in [0.2, 0.25) is 11.9 Å². The number of nitrogens with two attached hydrogens (primary N) is 1. The second kappa shape index (κ2) is 7.84. The molecule has 0 spiro atoms. The molecule has 2 rings (SSSR count). The number of aromatic nitrogens is 3. The zero-order valence-electron chi connectivity index (χ0n) is 12.0. The zero-order chi connectivity index (χ0) is 14.2. The number of nitrogen functional groups attached to an aromatic ring is 1. The molecule has 1 heterocycles. The number of rotatable bonds is 8. The van der Waals surface area contributed by atoms with Gasteiger partial charge in [0.15, 0.2) is 0 Å². The van der Waals surface area contributed by atoms with E-state index in [-0.39, 0.29) is 12.0 Å². The van der Waals surface area contributed by atoms with Gasteiger partial charge in [-0.2, -0.15) is 15.0 Å². The fraction of sp³-hybridized carbons (Fsp3) is 0.769. The first kappa shape index (κ1) is 14.8. The van der Waals surface area contributed by atoms with Crippen LogP contribution in [0.5, 0.6) is 6.01 Å². The summed E-state index contributed by atoms with van der Waals surface area (Å²) >= 11 is 0. The van der Waals surface area contributed by atoms with Crippen molar-refractivity contribution < 1.29 is 9.47 Å². The van der Waals surface area contributed by atoms with Crippen LogP contribution in [0.1, 0.15) is 39.0 Å². The van der Waals surface area contributed by atoms with Crippen LogP contribution in [-0.2, 0) is 4.74 Å². The van der Waals surface area contributed by atoms with Crippen molar-refractivity contribution in [3.05, 3.63) is 0 Å². The zero-order valence-corrected chi connectivity index (χ0v) is 12.0. The molecule has 0 atom stereocenters. The molecule has 1 aromatic heterocycles. The Bertz CT molecular complexity index is 410. The fourth-order valence-corrected chi connectivity index (χ4v) is 2.15. The normalized spacial score (nSPS) is 15.4. The number of ether oxygens (including phenoxy) is 2. The number of nitrogens with zero attached hydrogens (tertiary/aromatic N) is 3. The monoisotopic (exact) mass is 281 g/mol. The summed E-state index contributed by atoms with van der Waals surface area (Å²) in [7, 11) is 0. The van der Waals surface area contributed by atoms with E-state index in [9.17, 15) is 0 Å². The van der Waals surface area contributed by atoms with Crippen LogP contribution < -0.4 is 15.8 Å². The van der Waals surface area contributed by atoms with Gasteiger partial charge < -0.3 is 20.5 Å². The second-order valence-electron chi connectivity index (χ2n) is 4.85. The Kier molecular flexibility index (Phi) is 5.79. The predicted octanol–water partition coefficient (Wildman–Crippen LogP) is 1.61. The lowest BCUT2D eigenvalue weighted by Gasteiger charge is -2.11. The van der Waals surface area contributed by atoms with Crippen LogP contribution in [0.3, 0.4) is 0 Å². The topological polar surface area (TPSA) is 95.2 Å². The summed E-state index contributed by atoms with van der Waals surface area (Å²) in [5.74, 6) is 0.587. The van der Waals surface area contributed by atoms with E-state index in [0.29, 0.717) is 31.8 Å². The molecule has 7 heteroatoms. The third-order valence-electron chi connectivity index (χ3n) is 3.11. The van der Waals surface area contributed by atoms with Gasteiger partial charge in [0.1, 0.15) is 0 Å². The summed E-state index contributed by atoms with van der Waals surface area (Å²) in [6.45, 7) is 3.87. The number of hydrogen-bond donors (Lipinski definition) is 2. The van der Waals surface area contributed by atoms with Gasteiger partial charge in [-0.3, -0.25) is 0 Å². The summed E-state index contributed by atoms with van der Waals surface area (Å²) in [6, 6.07) is 0.263. The third kappa shape index (κ3) is 4.80. The van der Waals surface area contributed by atoms with Crippen molar-refractivity contribution in [2.75, 3.05) is 30.8 Å². The van der Waals surface area contributed by atoms with Crippen LogP contribution >= 0.6 is 0 Å². The van der Waals surface area contributed by atoms with Crippen LogP contribution in [0, 0.1) is 0 Å². The highest BCUT2D eigenvalue weighted by atomic mass is 16.5. The maximum atomic E-state index is 5.75. The largest absolute Gasteiger partial charge is 0.463 e. The van der Waals surface area contributed by atoms with Gasteiger partial charge in [0.25, 0.3) is 0 Å². The van der Waals surface area contributed by atoms with Crippen LogP contribution in [0.2, 0.25) is 0 Å². The first-order valence-corrected chi connectivity index (χ1v) is 7.27. The molecule has 1 saturated carbocycles. The molecule has 112 valence electrons. The maximum Gasteiger partial charge on any atom is 0.323 e. The van der Waals surface area contributed by atoms with Crippen molar-refractivity contribution in [2.24, 2.45) is 0 Å². The van der Waals surface area contributed by atoms with Crippen LogP contribution in [0.15, 0.2) is 0 Å². The minimum absolute atomic E-state index is 0.158. The van der Waals surface area contributed by atoms with Crippen molar-refractivity contribution in [1.29, 1.82) is 0 Å². The van der Waals surface area contributed by atoms with E-state index in [1.54, 1.807) is 0 Å². The van der Waals surface area contributed by atoms with Crippen molar-refractivity contribution in [3.63, 3.8) is 0 Å². The maximum absolute atomic E-state index is 5.75. The van der Waals surface area contributed by atoms with Gasteiger partial charge in [-0.15, -0.1) is 0 Å². The second-order valence-corrected chi connectivity index (χ2v) is 4.85. The van der Waals surface area contributed by atoms with Gasteiger partial charge in [-0.1, -0.05) is 19.8 Å². The molecule has 1 aliphatic carbocycles.